The smallest absolute Gasteiger partial charge is 0.219 e. The van der Waals surface area contributed by atoms with Crippen molar-refractivity contribution in [3.8, 4) is 0 Å². The predicted molar refractivity (Wildman–Crippen MR) is 99.1 cm³/mol. The fourth-order valence-corrected chi connectivity index (χ4v) is 6.28. The van der Waals surface area contributed by atoms with Crippen LogP contribution in [0.4, 0.5) is 0 Å². The maximum Gasteiger partial charge on any atom is 0.219 e. The molecule has 3 aliphatic carbocycles. The Morgan fingerprint density at radius 3 is 2.96 bits per heavy atom. The molecule has 0 aromatic heterocycles. The summed E-state index contributed by atoms with van der Waals surface area (Å²) < 4.78 is 11.8. The van der Waals surface area contributed by atoms with Gasteiger partial charge in [-0.2, -0.15) is 0 Å². The Labute approximate surface area is 150 Å². The van der Waals surface area contributed by atoms with Crippen molar-refractivity contribution >= 4 is 0 Å². The van der Waals surface area contributed by atoms with Gasteiger partial charge in [-0.15, -0.1) is 0 Å². The third-order valence-electron chi connectivity index (χ3n) is 7.37. The van der Waals surface area contributed by atoms with E-state index in [2.05, 4.69) is 24.3 Å². The van der Waals surface area contributed by atoms with Gasteiger partial charge in [0.25, 0.3) is 0 Å². The Morgan fingerprint density at radius 2 is 2.04 bits per heavy atom. The quantitative estimate of drug-likeness (QED) is 0.740. The van der Waals surface area contributed by atoms with E-state index in [1.807, 2.05) is 18.2 Å². The van der Waals surface area contributed by atoms with Crippen molar-refractivity contribution in [3.63, 3.8) is 0 Å². The number of rotatable bonds is 3. The third-order valence-corrected chi connectivity index (χ3v) is 7.37. The zero-order valence-electron chi connectivity index (χ0n) is 14.9. The molecule has 1 unspecified atom stereocenters. The minimum absolute atomic E-state index is 0.189. The second-order valence-corrected chi connectivity index (χ2v) is 8.44. The highest BCUT2D eigenvalue weighted by molar-refractivity contribution is 5.34. The van der Waals surface area contributed by atoms with Crippen LogP contribution in [0.15, 0.2) is 48.8 Å². The van der Waals surface area contributed by atoms with Gasteiger partial charge in [-0.1, -0.05) is 36.8 Å². The number of aryl methyl sites for hydroxylation is 1. The molecule has 2 nitrogen and oxygen atoms in total. The molecule has 132 valence electrons. The minimum Gasteiger partial charge on any atom is -0.469 e. The second kappa shape index (κ2) is 6.32. The van der Waals surface area contributed by atoms with Crippen molar-refractivity contribution in [1.29, 1.82) is 0 Å². The largest absolute Gasteiger partial charge is 0.469 e. The van der Waals surface area contributed by atoms with Gasteiger partial charge in [-0.25, -0.2) is 0 Å². The average Bonchev–Trinajstić information content (AvgIpc) is 3.11. The summed E-state index contributed by atoms with van der Waals surface area (Å²) in [7, 11) is 0. The van der Waals surface area contributed by atoms with E-state index in [0.29, 0.717) is 5.41 Å². The zero-order valence-corrected chi connectivity index (χ0v) is 14.9. The van der Waals surface area contributed by atoms with Crippen LogP contribution in [-0.4, -0.2) is 12.9 Å². The maximum absolute atomic E-state index is 6.22. The Bertz CT molecular complexity index is 691. The zero-order chi connectivity index (χ0) is 16.7. The summed E-state index contributed by atoms with van der Waals surface area (Å²) in [6.07, 6.45) is 16.9. The molecule has 1 aromatic carbocycles. The van der Waals surface area contributed by atoms with Crippen LogP contribution < -0.4 is 0 Å². The molecule has 0 saturated heterocycles. The first-order valence-corrected chi connectivity index (χ1v) is 10.0. The van der Waals surface area contributed by atoms with Crippen LogP contribution in [0.25, 0.3) is 0 Å². The van der Waals surface area contributed by atoms with Crippen molar-refractivity contribution in [3.05, 3.63) is 59.9 Å². The monoisotopic (exact) mass is 336 g/mol. The molecule has 2 heteroatoms. The number of allylic oxidation sites excluding steroid dienone is 2. The van der Waals surface area contributed by atoms with Crippen LogP contribution >= 0.6 is 0 Å². The molecule has 2 fully saturated rings. The van der Waals surface area contributed by atoms with Crippen LogP contribution in [0.5, 0.6) is 0 Å². The molecular formula is C23H28O2. The van der Waals surface area contributed by atoms with Crippen molar-refractivity contribution in [1.82, 2.24) is 0 Å². The Balaban J connectivity index is 1.35. The fourth-order valence-electron chi connectivity index (χ4n) is 6.28. The number of benzene rings is 1. The maximum atomic E-state index is 6.22. The average molecular weight is 336 g/mol. The van der Waals surface area contributed by atoms with E-state index < -0.39 is 0 Å². The fraction of sp³-hybridized carbons (Fsp3) is 0.565. The van der Waals surface area contributed by atoms with Gasteiger partial charge in [-0.3, -0.25) is 0 Å². The summed E-state index contributed by atoms with van der Waals surface area (Å²) in [5, 5.41) is 0. The van der Waals surface area contributed by atoms with Gasteiger partial charge in [0.2, 0.25) is 6.29 Å². The SMILES string of the molecule is C1=COC(OC[C@@]23CCC[C@H]2[C@@H]2CCc4ccccc4[C@H]2CC3)C=C1. The van der Waals surface area contributed by atoms with Gasteiger partial charge in [0.1, 0.15) is 0 Å². The van der Waals surface area contributed by atoms with E-state index in [1.165, 1.54) is 44.9 Å². The number of fused-ring (bicyclic) bond motifs is 5. The molecule has 0 bridgehead atoms. The summed E-state index contributed by atoms with van der Waals surface area (Å²) in [6, 6.07) is 9.20. The first kappa shape index (κ1) is 15.7. The van der Waals surface area contributed by atoms with Crippen molar-refractivity contribution < 1.29 is 9.47 Å². The molecule has 1 aromatic rings. The first-order chi connectivity index (χ1) is 12.4. The van der Waals surface area contributed by atoms with Gasteiger partial charge in [0, 0.05) is 0 Å². The van der Waals surface area contributed by atoms with E-state index in [0.717, 1.165) is 24.4 Å². The Kier molecular flexibility index (Phi) is 3.97. The standard InChI is InChI=1S/C23H28O2/c1-2-7-18-17(6-1)10-11-20-19(18)12-14-23(13-5-8-21(20)23)16-25-22-9-3-4-15-24-22/h1-4,6-7,9,15,19-22H,5,8,10-14,16H2/t19-,20-,21+,22?,23+/m1/s1. The lowest BCUT2D eigenvalue weighted by atomic mass is 9.55. The topological polar surface area (TPSA) is 18.5 Å². The lowest BCUT2D eigenvalue weighted by molar-refractivity contribution is -0.125. The van der Waals surface area contributed by atoms with Crippen LogP contribution in [0.2, 0.25) is 0 Å². The molecule has 0 spiro atoms. The number of hydrogen-bond acceptors (Lipinski definition) is 2. The molecule has 1 aliphatic heterocycles. The summed E-state index contributed by atoms with van der Waals surface area (Å²) in [4.78, 5) is 0. The van der Waals surface area contributed by atoms with E-state index in [4.69, 9.17) is 9.47 Å². The van der Waals surface area contributed by atoms with Gasteiger partial charge in [-0.05, 0) is 85.0 Å². The van der Waals surface area contributed by atoms with Gasteiger partial charge in [0.05, 0.1) is 12.9 Å². The van der Waals surface area contributed by atoms with E-state index in [-0.39, 0.29) is 6.29 Å². The molecule has 4 aliphatic rings. The molecule has 0 amide bonds. The molecule has 5 atom stereocenters. The predicted octanol–water partition coefficient (Wildman–Crippen LogP) is 5.36. The van der Waals surface area contributed by atoms with Crippen LogP contribution in [-0.2, 0) is 15.9 Å². The minimum atomic E-state index is -0.189. The third kappa shape index (κ3) is 2.66. The summed E-state index contributed by atoms with van der Waals surface area (Å²) in [6.45, 7) is 0.866. The normalized spacial score (nSPS) is 38.6. The molecule has 0 radical (unpaired) electrons. The molecule has 5 rings (SSSR count). The molecule has 25 heavy (non-hydrogen) atoms. The van der Waals surface area contributed by atoms with Crippen molar-refractivity contribution in [2.24, 2.45) is 17.3 Å². The Morgan fingerprint density at radius 1 is 1.08 bits per heavy atom. The van der Waals surface area contributed by atoms with Crippen LogP contribution in [0.3, 0.4) is 0 Å². The molecule has 1 heterocycles. The Hall–Kier alpha value is -1.54. The van der Waals surface area contributed by atoms with Gasteiger partial charge < -0.3 is 9.47 Å². The molecule has 2 saturated carbocycles. The van der Waals surface area contributed by atoms with Crippen LogP contribution in [0, 0.1) is 17.3 Å². The van der Waals surface area contributed by atoms with Crippen molar-refractivity contribution in [2.75, 3.05) is 6.61 Å². The summed E-state index contributed by atoms with van der Waals surface area (Å²) >= 11 is 0. The second-order valence-electron chi connectivity index (χ2n) is 8.44. The van der Waals surface area contributed by atoms with E-state index in [1.54, 1.807) is 17.4 Å². The van der Waals surface area contributed by atoms with E-state index >= 15 is 0 Å². The molecule has 0 N–H and O–H groups in total. The van der Waals surface area contributed by atoms with Crippen molar-refractivity contribution in [2.45, 2.75) is 57.2 Å². The van der Waals surface area contributed by atoms with Gasteiger partial charge in [0.15, 0.2) is 0 Å². The highest BCUT2D eigenvalue weighted by atomic mass is 16.7. The highest BCUT2D eigenvalue weighted by Crippen LogP contribution is 2.61. The molecular weight excluding hydrogens is 308 g/mol. The van der Waals surface area contributed by atoms with Crippen LogP contribution in [0.1, 0.15) is 55.6 Å². The lowest BCUT2D eigenvalue weighted by Gasteiger charge is -2.50. The highest BCUT2D eigenvalue weighted by Gasteiger charge is 2.52. The van der Waals surface area contributed by atoms with E-state index in [9.17, 15) is 0 Å². The summed E-state index contributed by atoms with van der Waals surface area (Å²) in [5.74, 6) is 2.48. The number of ether oxygens (including phenoxy) is 2. The lowest BCUT2D eigenvalue weighted by Crippen LogP contribution is -2.44. The number of hydrogen-bond donors (Lipinski definition) is 0. The first-order valence-electron chi connectivity index (χ1n) is 10.0. The van der Waals surface area contributed by atoms with Gasteiger partial charge >= 0.3 is 0 Å². The summed E-state index contributed by atoms with van der Waals surface area (Å²) in [5.41, 5.74) is 3.66.